The van der Waals surface area contributed by atoms with Crippen LogP contribution in [-0.2, 0) is 16.4 Å². The van der Waals surface area contributed by atoms with E-state index in [9.17, 15) is 13.2 Å². The number of carbonyl (C=O) groups excluding carboxylic acids is 1. The fourth-order valence-electron chi connectivity index (χ4n) is 4.29. The Balaban J connectivity index is 1.44. The Morgan fingerprint density at radius 3 is 2.65 bits per heavy atom. The largest absolute Gasteiger partial charge is 0.358 e. The van der Waals surface area contributed by atoms with Crippen molar-refractivity contribution in [2.45, 2.75) is 23.8 Å². The first-order valence-corrected chi connectivity index (χ1v) is 12.7. The van der Waals surface area contributed by atoms with E-state index in [1.165, 1.54) is 30.5 Å². The van der Waals surface area contributed by atoms with Crippen molar-refractivity contribution in [3.8, 4) is 0 Å². The summed E-state index contributed by atoms with van der Waals surface area (Å²) in [5.41, 5.74) is 2.26. The van der Waals surface area contributed by atoms with E-state index in [-0.39, 0.29) is 17.3 Å². The zero-order valence-corrected chi connectivity index (χ0v) is 19.9. The third-order valence-corrected chi connectivity index (χ3v) is 7.91. The molecule has 0 bridgehead atoms. The highest BCUT2D eigenvalue weighted by atomic mass is 35.5. The average Bonchev–Trinajstić information content (AvgIpc) is 3.40. The lowest BCUT2D eigenvalue weighted by molar-refractivity contribution is 0.0932. The number of aryl methyl sites for hydroxylation is 1. The molecule has 1 aliphatic rings. The Morgan fingerprint density at radius 1 is 1.03 bits per heavy atom. The molecule has 6 nitrogen and oxygen atoms in total. The molecular weight excluding hydrogens is 500 g/mol. The van der Waals surface area contributed by atoms with Gasteiger partial charge in [-0.1, -0.05) is 53.5 Å². The van der Waals surface area contributed by atoms with E-state index in [1.54, 1.807) is 0 Å². The molecule has 0 saturated carbocycles. The van der Waals surface area contributed by atoms with Crippen molar-refractivity contribution < 1.29 is 17.6 Å². The third-order valence-electron chi connectivity index (χ3n) is 5.92. The SMILES string of the molecule is O=C(N[C@H]1CCc2ccccc21)c1cccc(S(=O)(=O)Nc2ccc(Cl)c3c(Cl)c[nH]c23)c1F. The molecule has 5 rings (SSSR count). The zero-order chi connectivity index (χ0) is 24.0. The van der Waals surface area contributed by atoms with Crippen molar-refractivity contribution in [2.24, 2.45) is 0 Å². The van der Waals surface area contributed by atoms with Gasteiger partial charge in [0.05, 0.1) is 32.9 Å². The molecule has 1 atom stereocenters. The summed E-state index contributed by atoms with van der Waals surface area (Å²) in [7, 11) is -4.38. The predicted molar refractivity (Wildman–Crippen MR) is 130 cm³/mol. The van der Waals surface area contributed by atoms with Crippen LogP contribution in [0.4, 0.5) is 10.1 Å². The maximum absolute atomic E-state index is 15.3. The molecule has 34 heavy (non-hydrogen) atoms. The number of sulfonamides is 1. The summed E-state index contributed by atoms with van der Waals surface area (Å²) in [6.45, 7) is 0. The Labute approximate surface area is 205 Å². The number of hydrogen-bond acceptors (Lipinski definition) is 3. The standard InChI is InChI=1S/C24H18Cl2FN3O3S/c25-16-9-11-19(23-21(16)17(26)12-28-23)30-34(32,33)20-7-3-6-15(22(20)27)24(31)29-18-10-8-13-4-1-2-5-14(13)18/h1-7,9,11-12,18,28,30H,8,10H2,(H,29,31)/t18-/m0/s1. The second-order valence-corrected chi connectivity index (χ2v) is 10.4. The van der Waals surface area contributed by atoms with Crippen LogP contribution in [0.2, 0.25) is 10.0 Å². The molecule has 0 spiro atoms. The Morgan fingerprint density at radius 2 is 1.82 bits per heavy atom. The van der Waals surface area contributed by atoms with E-state index in [2.05, 4.69) is 15.0 Å². The topological polar surface area (TPSA) is 91.1 Å². The van der Waals surface area contributed by atoms with Gasteiger partial charge in [-0.3, -0.25) is 9.52 Å². The molecule has 1 aromatic heterocycles. The number of H-pyrrole nitrogens is 1. The first-order chi connectivity index (χ1) is 16.3. The molecular formula is C24H18Cl2FN3O3S. The number of fused-ring (bicyclic) bond motifs is 2. The number of aromatic nitrogens is 1. The summed E-state index contributed by atoms with van der Waals surface area (Å²) in [6.07, 6.45) is 2.97. The number of rotatable bonds is 5. The fraction of sp³-hybridized carbons (Fsp3) is 0.125. The summed E-state index contributed by atoms with van der Waals surface area (Å²) < 4.78 is 43.9. The van der Waals surface area contributed by atoms with Gasteiger partial charge in [0.15, 0.2) is 5.82 Å². The number of amides is 1. The summed E-state index contributed by atoms with van der Waals surface area (Å²) in [6, 6.07) is 14.1. The molecule has 0 saturated heterocycles. The van der Waals surface area contributed by atoms with Crippen LogP contribution in [0.15, 0.2) is 65.7 Å². The maximum Gasteiger partial charge on any atom is 0.264 e. The van der Waals surface area contributed by atoms with Gasteiger partial charge in [-0.05, 0) is 48.2 Å². The molecule has 0 radical (unpaired) electrons. The highest BCUT2D eigenvalue weighted by molar-refractivity contribution is 7.92. The van der Waals surface area contributed by atoms with Crippen molar-refractivity contribution in [1.29, 1.82) is 0 Å². The van der Waals surface area contributed by atoms with Gasteiger partial charge < -0.3 is 10.3 Å². The predicted octanol–water partition coefficient (Wildman–Crippen LogP) is 5.83. The smallest absolute Gasteiger partial charge is 0.264 e. The Hall–Kier alpha value is -3.07. The molecule has 174 valence electrons. The van der Waals surface area contributed by atoms with Crippen molar-refractivity contribution in [3.63, 3.8) is 0 Å². The normalized spacial score (nSPS) is 15.3. The van der Waals surface area contributed by atoms with Crippen LogP contribution >= 0.6 is 23.2 Å². The number of aromatic amines is 1. The molecule has 0 fully saturated rings. The lowest BCUT2D eigenvalue weighted by atomic mass is 10.1. The van der Waals surface area contributed by atoms with Gasteiger partial charge in [-0.2, -0.15) is 0 Å². The van der Waals surface area contributed by atoms with Crippen LogP contribution < -0.4 is 10.0 Å². The summed E-state index contributed by atoms with van der Waals surface area (Å²) in [5, 5.41) is 3.92. The highest BCUT2D eigenvalue weighted by Gasteiger charge is 2.28. The van der Waals surface area contributed by atoms with Gasteiger partial charge in [0.1, 0.15) is 4.90 Å². The van der Waals surface area contributed by atoms with Gasteiger partial charge in [0, 0.05) is 11.6 Å². The number of halogens is 3. The van der Waals surface area contributed by atoms with Gasteiger partial charge in [0.25, 0.3) is 15.9 Å². The van der Waals surface area contributed by atoms with Crippen LogP contribution in [0, 0.1) is 5.82 Å². The summed E-state index contributed by atoms with van der Waals surface area (Å²) in [5.74, 6) is -1.81. The minimum atomic E-state index is -4.38. The number of anilines is 1. The average molecular weight is 518 g/mol. The molecule has 1 aliphatic carbocycles. The van der Waals surface area contributed by atoms with Gasteiger partial charge in [-0.15, -0.1) is 0 Å². The van der Waals surface area contributed by atoms with E-state index in [0.29, 0.717) is 27.4 Å². The molecule has 4 aromatic rings. The van der Waals surface area contributed by atoms with Gasteiger partial charge in [0.2, 0.25) is 0 Å². The number of hydrogen-bond donors (Lipinski definition) is 3. The van der Waals surface area contributed by atoms with E-state index >= 15 is 4.39 Å². The van der Waals surface area contributed by atoms with Gasteiger partial charge in [-0.25, -0.2) is 12.8 Å². The monoisotopic (exact) mass is 517 g/mol. The number of benzene rings is 3. The molecule has 1 heterocycles. The second kappa shape index (κ2) is 8.61. The number of carbonyl (C=O) groups is 1. The molecule has 1 amide bonds. The van der Waals surface area contributed by atoms with Crippen LogP contribution in [0.5, 0.6) is 0 Å². The van der Waals surface area contributed by atoms with E-state index in [4.69, 9.17) is 23.2 Å². The molecule has 0 unspecified atom stereocenters. The van der Waals surface area contributed by atoms with E-state index < -0.39 is 26.6 Å². The van der Waals surface area contributed by atoms with Crippen LogP contribution in [0.1, 0.15) is 33.9 Å². The minimum Gasteiger partial charge on any atom is -0.358 e. The van der Waals surface area contributed by atoms with Crippen molar-refractivity contribution in [1.82, 2.24) is 10.3 Å². The molecule has 10 heteroatoms. The van der Waals surface area contributed by atoms with Crippen molar-refractivity contribution in [2.75, 3.05) is 4.72 Å². The minimum absolute atomic E-state index is 0.142. The number of nitrogens with one attached hydrogen (secondary N) is 3. The zero-order valence-electron chi connectivity index (χ0n) is 17.5. The van der Waals surface area contributed by atoms with Crippen LogP contribution in [0.3, 0.4) is 0 Å². The van der Waals surface area contributed by atoms with Crippen LogP contribution in [0.25, 0.3) is 10.9 Å². The van der Waals surface area contributed by atoms with E-state index in [0.717, 1.165) is 23.6 Å². The van der Waals surface area contributed by atoms with Gasteiger partial charge >= 0.3 is 0 Å². The third kappa shape index (κ3) is 3.91. The molecule has 0 aliphatic heterocycles. The van der Waals surface area contributed by atoms with Crippen molar-refractivity contribution >= 4 is 55.7 Å². The molecule has 3 N–H and O–H groups in total. The first kappa shape index (κ1) is 22.7. The lowest BCUT2D eigenvalue weighted by Crippen LogP contribution is -2.28. The Bertz CT molecular complexity index is 1550. The quantitative estimate of drug-likeness (QED) is 0.311. The van der Waals surface area contributed by atoms with Crippen LogP contribution in [-0.4, -0.2) is 19.3 Å². The highest BCUT2D eigenvalue weighted by Crippen LogP contribution is 2.36. The molecule has 3 aromatic carbocycles. The second-order valence-electron chi connectivity index (χ2n) is 7.97. The first-order valence-electron chi connectivity index (χ1n) is 10.4. The lowest BCUT2D eigenvalue weighted by Gasteiger charge is -2.16. The van der Waals surface area contributed by atoms with Crippen molar-refractivity contribution in [3.05, 3.63) is 93.3 Å². The fourth-order valence-corrected chi connectivity index (χ4v) is 6.02. The summed E-state index contributed by atoms with van der Waals surface area (Å²) in [4.78, 5) is 15.1. The van der Waals surface area contributed by atoms with E-state index in [1.807, 2.05) is 24.3 Å². The maximum atomic E-state index is 15.3. The summed E-state index contributed by atoms with van der Waals surface area (Å²) >= 11 is 12.3. The Kier molecular flexibility index (Phi) is 5.75.